The molecule has 1 atom stereocenters. The quantitative estimate of drug-likeness (QED) is 0.904. The molecule has 1 aromatic rings. The number of rotatable bonds is 2. The second-order valence-corrected chi connectivity index (χ2v) is 5.01. The lowest BCUT2D eigenvalue weighted by Crippen LogP contribution is -2.49. The van der Waals surface area contributed by atoms with Crippen LogP contribution in [0.3, 0.4) is 0 Å². The summed E-state index contributed by atoms with van der Waals surface area (Å²) in [6.45, 7) is 1.81. The minimum atomic E-state index is -4.35. The molecule has 3 nitrogen and oxygen atoms in total. The lowest BCUT2D eigenvalue weighted by Gasteiger charge is -2.31. The van der Waals surface area contributed by atoms with E-state index < -0.39 is 12.2 Å². The van der Waals surface area contributed by atoms with E-state index in [0.717, 1.165) is 11.1 Å². The van der Waals surface area contributed by atoms with Crippen LogP contribution in [0.2, 0.25) is 0 Å². The molecule has 110 valence electrons. The average molecular weight is 286 g/mol. The molecular weight excluding hydrogens is 269 g/mol. The van der Waals surface area contributed by atoms with Gasteiger partial charge in [-0.1, -0.05) is 24.3 Å². The fraction of sp³-hybridized carbons (Fsp3) is 0.500. The summed E-state index contributed by atoms with van der Waals surface area (Å²) in [7, 11) is 0. The second-order valence-electron chi connectivity index (χ2n) is 5.01. The minimum absolute atomic E-state index is 0.0957. The Morgan fingerprint density at radius 2 is 2.05 bits per heavy atom. The van der Waals surface area contributed by atoms with Gasteiger partial charge >= 0.3 is 6.18 Å². The molecule has 1 N–H and O–H groups in total. The predicted octanol–water partition coefficient (Wildman–Crippen LogP) is 2.25. The van der Waals surface area contributed by atoms with E-state index in [1.807, 2.05) is 31.2 Å². The molecule has 1 saturated heterocycles. The third kappa shape index (κ3) is 3.50. The first-order chi connectivity index (χ1) is 9.38. The number of aryl methyl sites for hydroxylation is 1. The summed E-state index contributed by atoms with van der Waals surface area (Å²) in [6, 6.07) is 5.73. The molecule has 1 aliphatic heterocycles. The van der Waals surface area contributed by atoms with Gasteiger partial charge in [-0.15, -0.1) is 0 Å². The van der Waals surface area contributed by atoms with E-state index in [-0.39, 0.29) is 32.0 Å². The Bertz CT molecular complexity index is 488. The van der Waals surface area contributed by atoms with Crippen molar-refractivity contribution in [2.45, 2.75) is 32.1 Å². The van der Waals surface area contributed by atoms with Crippen LogP contribution in [0.4, 0.5) is 13.2 Å². The number of nitrogens with zero attached hydrogens (tertiary/aromatic N) is 1. The fourth-order valence-corrected chi connectivity index (χ4v) is 2.35. The molecule has 1 aliphatic rings. The van der Waals surface area contributed by atoms with Gasteiger partial charge in [0.2, 0.25) is 5.91 Å². The van der Waals surface area contributed by atoms with Gasteiger partial charge in [0.1, 0.15) is 6.04 Å². The summed E-state index contributed by atoms with van der Waals surface area (Å²) in [4.78, 5) is 12.6. The zero-order chi connectivity index (χ0) is 14.8. The lowest BCUT2D eigenvalue weighted by molar-refractivity contribution is -0.182. The van der Waals surface area contributed by atoms with Crippen LogP contribution in [0.1, 0.15) is 17.5 Å². The molecule has 0 radical (unpaired) electrons. The van der Waals surface area contributed by atoms with Crippen molar-refractivity contribution in [3.05, 3.63) is 35.4 Å². The zero-order valence-electron chi connectivity index (χ0n) is 11.2. The minimum Gasteiger partial charge on any atom is -0.354 e. The van der Waals surface area contributed by atoms with Crippen LogP contribution in [-0.4, -0.2) is 36.1 Å². The number of alkyl halides is 3. The van der Waals surface area contributed by atoms with Gasteiger partial charge in [-0.05, 0) is 18.1 Å². The van der Waals surface area contributed by atoms with Crippen LogP contribution in [0, 0.1) is 6.92 Å². The highest BCUT2D eigenvalue weighted by Gasteiger charge is 2.44. The molecule has 1 unspecified atom stereocenters. The van der Waals surface area contributed by atoms with Gasteiger partial charge < -0.3 is 5.32 Å². The standard InChI is InChI=1S/C14H17F3N2O/c1-10-4-2-3-5-11(10)9-19-7-6-13(20)18-8-12(19)14(15,16)17/h2-5,12H,6-9H2,1H3,(H,18,20). The van der Waals surface area contributed by atoms with E-state index in [9.17, 15) is 18.0 Å². The number of nitrogens with one attached hydrogen (secondary N) is 1. The van der Waals surface area contributed by atoms with Crippen LogP contribution in [0.25, 0.3) is 0 Å². The first-order valence-electron chi connectivity index (χ1n) is 6.50. The molecule has 6 heteroatoms. The summed E-state index contributed by atoms with van der Waals surface area (Å²) >= 11 is 0. The second kappa shape index (κ2) is 5.83. The topological polar surface area (TPSA) is 32.3 Å². The molecule has 0 aliphatic carbocycles. The Morgan fingerprint density at radius 1 is 1.35 bits per heavy atom. The van der Waals surface area contributed by atoms with E-state index in [4.69, 9.17) is 0 Å². The van der Waals surface area contributed by atoms with Crippen molar-refractivity contribution in [3.63, 3.8) is 0 Å². The number of carbonyl (C=O) groups excluding carboxylic acids is 1. The van der Waals surface area contributed by atoms with Gasteiger partial charge in [0.05, 0.1) is 0 Å². The van der Waals surface area contributed by atoms with Gasteiger partial charge in [0.25, 0.3) is 0 Å². The number of hydrogen-bond donors (Lipinski definition) is 1. The Hall–Kier alpha value is -1.56. The van der Waals surface area contributed by atoms with Crippen LogP contribution < -0.4 is 5.32 Å². The summed E-state index contributed by atoms with van der Waals surface area (Å²) in [5.41, 5.74) is 1.81. The van der Waals surface area contributed by atoms with Crippen molar-refractivity contribution in [3.8, 4) is 0 Å². The van der Waals surface area contributed by atoms with Crippen molar-refractivity contribution in [1.82, 2.24) is 10.2 Å². The Balaban J connectivity index is 2.21. The molecular formula is C14H17F3N2O. The molecule has 0 spiro atoms. The van der Waals surface area contributed by atoms with E-state index in [1.54, 1.807) is 0 Å². The number of carbonyl (C=O) groups is 1. The Labute approximate surface area is 115 Å². The first kappa shape index (κ1) is 14.8. The lowest BCUT2D eigenvalue weighted by atomic mass is 10.1. The normalized spacial score (nSPS) is 21.4. The average Bonchev–Trinajstić information content (AvgIpc) is 2.54. The smallest absolute Gasteiger partial charge is 0.354 e. The van der Waals surface area contributed by atoms with E-state index in [1.165, 1.54) is 4.90 Å². The third-order valence-electron chi connectivity index (χ3n) is 3.57. The number of amides is 1. The predicted molar refractivity (Wildman–Crippen MR) is 69.1 cm³/mol. The monoisotopic (exact) mass is 286 g/mol. The molecule has 1 heterocycles. The van der Waals surface area contributed by atoms with Gasteiger partial charge in [-0.25, -0.2) is 0 Å². The molecule has 0 saturated carbocycles. The summed E-state index contributed by atoms with van der Waals surface area (Å²) in [5.74, 6) is -0.327. The number of hydrogen-bond acceptors (Lipinski definition) is 2. The maximum Gasteiger partial charge on any atom is 0.405 e. The maximum absolute atomic E-state index is 13.1. The van der Waals surface area contributed by atoms with Crippen molar-refractivity contribution >= 4 is 5.91 Å². The molecule has 2 rings (SSSR count). The highest BCUT2D eigenvalue weighted by atomic mass is 19.4. The molecule has 1 fully saturated rings. The molecule has 0 aromatic heterocycles. The van der Waals surface area contributed by atoms with Crippen molar-refractivity contribution in [2.24, 2.45) is 0 Å². The molecule has 1 aromatic carbocycles. The first-order valence-corrected chi connectivity index (χ1v) is 6.50. The highest BCUT2D eigenvalue weighted by Crippen LogP contribution is 2.27. The van der Waals surface area contributed by atoms with Crippen molar-refractivity contribution in [1.29, 1.82) is 0 Å². The van der Waals surface area contributed by atoms with Crippen LogP contribution in [0.15, 0.2) is 24.3 Å². The van der Waals surface area contributed by atoms with E-state index >= 15 is 0 Å². The van der Waals surface area contributed by atoms with Crippen LogP contribution >= 0.6 is 0 Å². The van der Waals surface area contributed by atoms with Gasteiger partial charge in [0, 0.05) is 26.1 Å². The van der Waals surface area contributed by atoms with E-state index in [0.29, 0.717) is 0 Å². The van der Waals surface area contributed by atoms with Gasteiger partial charge in [0.15, 0.2) is 0 Å². The fourth-order valence-electron chi connectivity index (χ4n) is 2.35. The number of benzene rings is 1. The van der Waals surface area contributed by atoms with Crippen LogP contribution in [-0.2, 0) is 11.3 Å². The Kier molecular flexibility index (Phi) is 4.32. The molecule has 20 heavy (non-hydrogen) atoms. The third-order valence-corrected chi connectivity index (χ3v) is 3.57. The van der Waals surface area contributed by atoms with Crippen molar-refractivity contribution < 1.29 is 18.0 Å². The van der Waals surface area contributed by atoms with Crippen molar-refractivity contribution in [2.75, 3.05) is 13.1 Å². The van der Waals surface area contributed by atoms with Crippen LogP contribution in [0.5, 0.6) is 0 Å². The SMILES string of the molecule is Cc1ccccc1CN1CCC(=O)NCC1C(F)(F)F. The summed E-state index contributed by atoms with van der Waals surface area (Å²) in [6.07, 6.45) is -4.25. The van der Waals surface area contributed by atoms with Gasteiger partial charge in [-0.2, -0.15) is 13.2 Å². The highest BCUT2D eigenvalue weighted by molar-refractivity contribution is 5.76. The molecule has 1 amide bonds. The largest absolute Gasteiger partial charge is 0.405 e. The summed E-state index contributed by atoms with van der Waals surface area (Å²) in [5, 5.41) is 2.33. The number of halogens is 3. The van der Waals surface area contributed by atoms with E-state index in [2.05, 4.69) is 5.32 Å². The zero-order valence-corrected chi connectivity index (χ0v) is 11.2. The molecule has 0 bridgehead atoms. The Morgan fingerprint density at radius 3 is 2.70 bits per heavy atom. The summed E-state index contributed by atoms with van der Waals surface area (Å²) < 4.78 is 39.3. The van der Waals surface area contributed by atoms with Gasteiger partial charge in [-0.3, -0.25) is 9.69 Å². The maximum atomic E-state index is 13.1.